The molecule has 0 radical (unpaired) electrons. The zero-order chi connectivity index (χ0) is 10.4. The van der Waals surface area contributed by atoms with E-state index < -0.39 is 0 Å². The molecule has 0 amide bonds. The molecule has 2 aromatic rings. The molecule has 1 aliphatic heterocycles. The average molecular weight is 199 g/mol. The lowest BCUT2D eigenvalue weighted by Gasteiger charge is -2.03. The van der Waals surface area contributed by atoms with Crippen LogP contribution in [0.1, 0.15) is 16.1 Å². The first-order chi connectivity index (χ1) is 7.25. The van der Waals surface area contributed by atoms with Gasteiger partial charge in [0.05, 0.1) is 5.56 Å². The Morgan fingerprint density at radius 1 is 1.40 bits per heavy atom. The molecule has 15 heavy (non-hydrogen) atoms. The molecule has 3 rings (SSSR count). The van der Waals surface area contributed by atoms with Gasteiger partial charge >= 0.3 is 0 Å². The van der Waals surface area contributed by atoms with Crippen molar-refractivity contribution in [2.24, 2.45) is 0 Å². The van der Waals surface area contributed by atoms with E-state index >= 15 is 0 Å². The number of hydrogen-bond donors (Lipinski definition) is 0. The van der Waals surface area contributed by atoms with E-state index in [4.69, 9.17) is 4.74 Å². The molecule has 0 N–H and O–H groups in total. The second-order valence-electron chi connectivity index (χ2n) is 3.70. The summed E-state index contributed by atoms with van der Waals surface area (Å²) in [6.45, 7) is 2.10. The Bertz CT molecular complexity index is 575. The molecule has 0 fully saturated rings. The number of carbonyl (C=O) groups excluding carboxylic acids is 1. The van der Waals surface area contributed by atoms with E-state index in [0.717, 1.165) is 16.5 Å². The van der Waals surface area contributed by atoms with Crippen LogP contribution in [0.25, 0.3) is 10.8 Å². The molecule has 0 saturated carbocycles. The summed E-state index contributed by atoms with van der Waals surface area (Å²) < 4.78 is 5.37. The van der Waals surface area contributed by atoms with Gasteiger partial charge in [-0.15, -0.1) is 0 Å². The molecule has 0 atom stereocenters. The Balaban J connectivity index is 2.40. The van der Waals surface area contributed by atoms with Gasteiger partial charge in [0, 0.05) is 17.3 Å². The van der Waals surface area contributed by atoms with Gasteiger partial charge in [-0.1, -0.05) is 6.07 Å². The fourth-order valence-electron chi connectivity index (χ4n) is 1.89. The lowest BCUT2D eigenvalue weighted by atomic mass is 10.1. The maximum absolute atomic E-state index is 11.4. The van der Waals surface area contributed by atoms with Gasteiger partial charge in [0.15, 0.2) is 6.61 Å². The van der Waals surface area contributed by atoms with Gasteiger partial charge in [0.2, 0.25) is 5.78 Å². The van der Waals surface area contributed by atoms with Crippen LogP contribution in [0.15, 0.2) is 24.4 Å². The van der Waals surface area contributed by atoms with E-state index in [1.165, 1.54) is 0 Å². The highest BCUT2D eigenvalue weighted by atomic mass is 16.5. The Labute approximate surface area is 86.7 Å². The Morgan fingerprint density at radius 2 is 2.27 bits per heavy atom. The summed E-state index contributed by atoms with van der Waals surface area (Å²) in [5, 5.41) is 1.99. The molecule has 1 aromatic carbocycles. The fourth-order valence-corrected chi connectivity index (χ4v) is 1.89. The van der Waals surface area contributed by atoms with Crippen LogP contribution in [0, 0.1) is 6.92 Å². The number of benzene rings is 1. The minimum atomic E-state index is 0.0486. The third-order valence-corrected chi connectivity index (χ3v) is 2.64. The number of ether oxygens (including phenoxy) is 1. The van der Waals surface area contributed by atoms with Crippen LogP contribution in [-0.4, -0.2) is 17.4 Å². The summed E-state index contributed by atoms with van der Waals surface area (Å²) in [6.07, 6.45) is 1.77. The lowest BCUT2D eigenvalue weighted by molar-refractivity contribution is 0.0961. The summed E-state index contributed by atoms with van der Waals surface area (Å²) in [4.78, 5) is 15.6. The fraction of sp³-hybridized carbons (Fsp3) is 0.167. The number of Topliss-reactive ketones (excluding diaryl/α,β-unsaturated/α-hetero) is 1. The number of fused-ring (bicyclic) bond motifs is 3. The zero-order valence-corrected chi connectivity index (χ0v) is 8.28. The first kappa shape index (κ1) is 8.41. The number of nitrogens with zero attached hydrogens (tertiary/aromatic N) is 1. The molecular weight excluding hydrogens is 190 g/mol. The summed E-state index contributed by atoms with van der Waals surface area (Å²) in [5.74, 6) is 0.734. The van der Waals surface area contributed by atoms with Crippen LogP contribution in [0.2, 0.25) is 0 Å². The zero-order valence-electron chi connectivity index (χ0n) is 8.28. The molecule has 2 heterocycles. The van der Waals surface area contributed by atoms with Gasteiger partial charge in [-0.3, -0.25) is 9.78 Å². The largest absolute Gasteiger partial charge is 0.484 e. The highest BCUT2D eigenvalue weighted by Crippen LogP contribution is 2.33. The number of aromatic nitrogens is 1. The normalized spacial score (nSPS) is 14.1. The van der Waals surface area contributed by atoms with Crippen molar-refractivity contribution in [1.29, 1.82) is 0 Å². The van der Waals surface area contributed by atoms with Gasteiger partial charge in [-0.25, -0.2) is 0 Å². The van der Waals surface area contributed by atoms with Gasteiger partial charge in [0.1, 0.15) is 5.75 Å². The van der Waals surface area contributed by atoms with Crippen molar-refractivity contribution < 1.29 is 9.53 Å². The minimum Gasteiger partial charge on any atom is -0.484 e. The highest BCUT2D eigenvalue weighted by Gasteiger charge is 2.22. The maximum atomic E-state index is 11.4. The van der Waals surface area contributed by atoms with Gasteiger partial charge in [-0.05, 0) is 24.4 Å². The Morgan fingerprint density at radius 3 is 3.13 bits per heavy atom. The predicted molar refractivity (Wildman–Crippen MR) is 56.3 cm³/mol. The van der Waals surface area contributed by atoms with Crippen molar-refractivity contribution in [2.45, 2.75) is 6.92 Å². The molecule has 1 aliphatic rings. The Kier molecular flexibility index (Phi) is 1.57. The second-order valence-corrected chi connectivity index (χ2v) is 3.70. The number of rotatable bonds is 0. The van der Waals surface area contributed by atoms with E-state index in [1.54, 1.807) is 6.20 Å². The van der Waals surface area contributed by atoms with Crippen molar-refractivity contribution >= 4 is 16.6 Å². The van der Waals surface area contributed by atoms with Crippen molar-refractivity contribution in [3.63, 3.8) is 0 Å². The number of hydrogen-bond acceptors (Lipinski definition) is 3. The molecule has 0 bridgehead atoms. The first-order valence-electron chi connectivity index (χ1n) is 4.81. The maximum Gasteiger partial charge on any atom is 0.203 e. The average Bonchev–Trinajstić information content (AvgIpc) is 2.60. The second kappa shape index (κ2) is 2.79. The topological polar surface area (TPSA) is 39.2 Å². The molecule has 1 aromatic heterocycles. The summed E-state index contributed by atoms with van der Waals surface area (Å²) >= 11 is 0. The van der Waals surface area contributed by atoms with Crippen LogP contribution in [0.5, 0.6) is 5.75 Å². The molecule has 3 heteroatoms. The molecule has 0 saturated heterocycles. The standard InChI is InChI=1S/C12H9NO2/c1-7-4-8-2-3-9-11(14)6-15-12(9)10(8)5-13-7/h2-5H,6H2,1H3. The van der Waals surface area contributed by atoms with Crippen molar-refractivity contribution in [2.75, 3.05) is 6.61 Å². The quantitative estimate of drug-likeness (QED) is 0.652. The van der Waals surface area contributed by atoms with Gasteiger partial charge in [0.25, 0.3) is 0 Å². The highest BCUT2D eigenvalue weighted by molar-refractivity contribution is 6.08. The van der Waals surface area contributed by atoms with Crippen LogP contribution in [-0.2, 0) is 0 Å². The lowest BCUT2D eigenvalue weighted by Crippen LogP contribution is -1.98. The molecule has 0 unspecified atom stereocenters. The van der Waals surface area contributed by atoms with Crippen molar-refractivity contribution in [3.05, 3.63) is 35.7 Å². The number of carbonyl (C=O) groups is 1. The molecule has 3 nitrogen and oxygen atoms in total. The molecule has 0 aliphatic carbocycles. The van der Waals surface area contributed by atoms with E-state index in [1.807, 2.05) is 25.1 Å². The Hall–Kier alpha value is -1.90. The number of ketones is 1. The van der Waals surface area contributed by atoms with Gasteiger partial charge in [-0.2, -0.15) is 0 Å². The van der Waals surface area contributed by atoms with Crippen LogP contribution < -0.4 is 4.74 Å². The van der Waals surface area contributed by atoms with E-state index in [-0.39, 0.29) is 12.4 Å². The van der Waals surface area contributed by atoms with Crippen LogP contribution in [0.3, 0.4) is 0 Å². The van der Waals surface area contributed by atoms with E-state index in [9.17, 15) is 4.79 Å². The van der Waals surface area contributed by atoms with E-state index in [0.29, 0.717) is 11.3 Å². The van der Waals surface area contributed by atoms with Crippen LogP contribution >= 0.6 is 0 Å². The minimum absolute atomic E-state index is 0.0486. The van der Waals surface area contributed by atoms with Crippen molar-refractivity contribution in [1.82, 2.24) is 4.98 Å². The number of aryl methyl sites for hydroxylation is 1. The smallest absolute Gasteiger partial charge is 0.203 e. The first-order valence-corrected chi connectivity index (χ1v) is 4.81. The third-order valence-electron chi connectivity index (χ3n) is 2.64. The molecule has 0 spiro atoms. The predicted octanol–water partition coefficient (Wildman–Crippen LogP) is 2.12. The number of pyridine rings is 1. The van der Waals surface area contributed by atoms with Crippen molar-refractivity contribution in [3.8, 4) is 5.75 Å². The summed E-state index contributed by atoms with van der Waals surface area (Å²) in [7, 11) is 0. The molecular formula is C12H9NO2. The van der Waals surface area contributed by atoms with Crippen LogP contribution in [0.4, 0.5) is 0 Å². The van der Waals surface area contributed by atoms with E-state index in [2.05, 4.69) is 4.98 Å². The SMILES string of the molecule is Cc1cc2ccc3c(c2cn1)OCC3=O. The summed E-state index contributed by atoms with van der Waals surface area (Å²) in [5.41, 5.74) is 1.64. The molecule has 74 valence electrons. The third kappa shape index (κ3) is 1.13. The monoisotopic (exact) mass is 199 g/mol. The summed E-state index contributed by atoms with van der Waals surface area (Å²) in [6, 6.07) is 5.75. The van der Waals surface area contributed by atoms with Gasteiger partial charge < -0.3 is 4.74 Å².